The summed E-state index contributed by atoms with van der Waals surface area (Å²) in [5.74, 6) is 1.16. The number of pyridine rings is 1. The second kappa shape index (κ2) is 6.93. The van der Waals surface area contributed by atoms with Crippen LogP contribution < -0.4 is 15.5 Å². The zero-order chi connectivity index (χ0) is 19.1. The van der Waals surface area contributed by atoms with Gasteiger partial charge in [-0.05, 0) is 55.2 Å². The maximum atomic E-state index is 13.0. The molecule has 1 aliphatic heterocycles. The van der Waals surface area contributed by atoms with Crippen LogP contribution in [0.2, 0.25) is 0 Å². The summed E-state index contributed by atoms with van der Waals surface area (Å²) in [6.07, 6.45) is 7.00. The number of nitrogens with zero attached hydrogens (tertiary/aromatic N) is 2. The third-order valence-corrected chi connectivity index (χ3v) is 5.94. The quantitative estimate of drug-likeness (QED) is 0.860. The first kappa shape index (κ1) is 17.2. The smallest absolute Gasteiger partial charge is 0.253 e. The van der Waals surface area contributed by atoms with E-state index in [4.69, 9.17) is 0 Å². The summed E-state index contributed by atoms with van der Waals surface area (Å²) >= 11 is 0. The van der Waals surface area contributed by atoms with E-state index in [0.29, 0.717) is 17.3 Å². The van der Waals surface area contributed by atoms with Gasteiger partial charge in [0.1, 0.15) is 5.82 Å². The van der Waals surface area contributed by atoms with Gasteiger partial charge in [-0.3, -0.25) is 9.59 Å². The molecule has 1 aromatic heterocycles. The fourth-order valence-electron chi connectivity index (χ4n) is 4.21. The van der Waals surface area contributed by atoms with Crippen LogP contribution in [-0.2, 0) is 11.2 Å². The van der Waals surface area contributed by atoms with Gasteiger partial charge in [-0.1, -0.05) is 24.3 Å². The van der Waals surface area contributed by atoms with Gasteiger partial charge in [0.05, 0.1) is 23.8 Å². The summed E-state index contributed by atoms with van der Waals surface area (Å²) in [6.45, 7) is 0.980. The topological polar surface area (TPSA) is 74.3 Å². The summed E-state index contributed by atoms with van der Waals surface area (Å²) in [7, 11) is 0. The number of rotatable bonds is 4. The highest BCUT2D eigenvalue weighted by molar-refractivity contribution is 6.04. The Balaban J connectivity index is 1.39. The van der Waals surface area contributed by atoms with Crippen molar-refractivity contribution in [3.8, 4) is 0 Å². The molecule has 144 valence electrons. The fourth-order valence-corrected chi connectivity index (χ4v) is 4.21. The van der Waals surface area contributed by atoms with Crippen LogP contribution in [0.4, 0.5) is 11.5 Å². The third-order valence-electron chi connectivity index (χ3n) is 5.94. The first-order valence-corrected chi connectivity index (χ1v) is 10.1. The van der Waals surface area contributed by atoms with Crippen LogP contribution >= 0.6 is 0 Å². The Morgan fingerprint density at radius 1 is 1.25 bits per heavy atom. The molecule has 1 saturated carbocycles. The van der Waals surface area contributed by atoms with Crippen LogP contribution in [-0.4, -0.2) is 29.9 Å². The van der Waals surface area contributed by atoms with Crippen molar-refractivity contribution in [3.63, 3.8) is 0 Å². The molecule has 2 aromatic rings. The number of carbonyl (C=O) groups is 2. The molecule has 2 amide bonds. The van der Waals surface area contributed by atoms with Gasteiger partial charge in [0, 0.05) is 12.7 Å². The predicted molar refractivity (Wildman–Crippen MR) is 107 cm³/mol. The molecule has 1 atom stereocenters. The molecule has 5 rings (SSSR count). The van der Waals surface area contributed by atoms with Crippen LogP contribution in [0.3, 0.4) is 0 Å². The molecule has 6 heteroatoms. The van der Waals surface area contributed by atoms with Crippen molar-refractivity contribution in [1.82, 2.24) is 10.3 Å². The van der Waals surface area contributed by atoms with Crippen molar-refractivity contribution >= 4 is 23.3 Å². The van der Waals surface area contributed by atoms with Crippen molar-refractivity contribution in [2.75, 3.05) is 23.3 Å². The number of anilines is 2. The largest absolute Gasteiger partial charge is 0.359 e. The number of fused-ring (bicyclic) bond motifs is 2. The van der Waals surface area contributed by atoms with E-state index in [1.165, 1.54) is 24.0 Å². The first-order chi connectivity index (χ1) is 13.7. The lowest BCUT2D eigenvalue weighted by Gasteiger charge is -2.30. The van der Waals surface area contributed by atoms with E-state index in [0.717, 1.165) is 31.5 Å². The zero-order valence-electron chi connectivity index (χ0n) is 15.8. The molecule has 0 saturated heterocycles. The molecule has 28 heavy (non-hydrogen) atoms. The van der Waals surface area contributed by atoms with E-state index in [1.807, 2.05) is 6.07 Å². The van der Waals surface area contributed by atoms with E-state index in [2.05, 4.69) is 33.8 Å². The van der Waals surface area contributed by atoms with Gasteiger partial charge in [-0.2, -0.15) is 0 Å². The SMILES string of the molecule is O=C(NC1CCCc2ccccc21)c1cnc2c(c1)N(CC1CC1)C(=O)CN2. The van der Waals surface area contributed by atoms with Crippen LogP contribution in [0, 0.1) is 5.92 Å². The summed E-state index contributed by atoms with van der Waals surface area (Å²) < 4.78 is 0. The molecular weight excluding hydrogens is 352 g/mol. The van der Waals surface area contributed by atoms with Gasteiger partial charge in [0.2, 0.25) is 5.91 Å². The Morgan fingerprint density at radius 3 is 2.96 bits per heavy atom. The van der Waals surface area contributed by atoms with Crippen molar-refractivity contribution < 1.29 is 9.59 Å². The van der Waals surface area contributed by atoms with Crippen molar-refractivity contribution in [3.05, 3.63) is 53.2 Å². The minimum atomic E-state index is -0.138. The summed E-state index contributed by atoms with van der Waals surface area (Å²) in [4.78, 5) is 31.6. The molecule has 1 fully saturated rings. The Hall–Kier alpha value is -2.89. The number of aryl methyl sites for hydroxylation is 1. The van der Waals surface area contributed by atoms with Gasteiger partial charge < -0.3 is 15.5 Å². The number of carbonyl (C=O) groups excluding carboxylic acids is 2. The van der Waals surface area contributed by atoms with Gasteiger partial charge in [0.25, 0.3) is 5.91 Å². The molecule has 0 spiro atoms. The van der Waals surface area contributed by atoms with Crippen molar-refractivity contribution in [2.24, 2.45) is 5.92 Å². The summed E-state index contributed by atoms with van der Waals surface area (Å²) in [6, 6.07) is 10.1. The number of hydrogen-bond acceptors (Lipinski definition) is 4. The fraction of sp³-hybridized carbons (Fsp3) is 0.409. The third kappa shape index (κ3) is 3.23. The van der Waals surface area contributed by atoms with Crippen LogP contribution in [0.25, 0.3) is 0 Å². The molecule has 1 aromatic carbocycles. The summed E-state index contributed by atoms with van der Waals surface area (Å²) in [5, 5.41) is 6.24. The second-order valence-electron chi connectivity index (χ2n) is 8.01. The Morgan fingerprint density at radius 2 is 2.11 bits per heavy atom. The molecule has 0 radical (unpaired) electrons. The lowest BCUT2D eigenvalue weighted by molar-refractivity contribution is -0.117. The molecule has 0 bridgehead atoms. The average Bonchev–Trinajstić information content (AvgIpc) is 3.54. The lowest BCUT2D eigenvalue weighted by atomic mass is 9.87. The van der Waals surface area contributed by atoms with Crippen LogP contribution in [0.1, 0.15) is 53.2 Å². The van der Waals surface area contributed by atoms with E-state index < -0.39 is 0 Å². The Kier molecular flexibility index (Phi) is 4.26. The van der Waals surface area contributed by atoms with Crippen LogP contribution in [0.5, 0.6) is 0 Å². The van der Waals surface area contributed by atoms with Gasteiger partial charge >= 0.3 is 0 Å². The van der Waals surface area contributed by atoms with E-state index in [-0.39, 0.29) is 24.4 Å². The average molecular weight is 376 g/mol. The minimum Gasteiger partial charge on any atom is -0.359 e. The van der Waals surface area contributed by atoms with Gasteiger partial charge in [0.15, 0.2) is 0 Å². The van der Waals surface area contributed by atoms with Gasteiger partial charge in [-0.15, -0.1) is 0 Å². The highest BCUT2D eigenvalue weighted by atomic mass is 16.2. The van der Waals surface area contributed by atoms with Crippen molar-refractivity contribution in [1.29, 1.82) is 0 Å². The monoisotopic (exact) mass is 376 g/mol. The number of benzene rings is 1. The zero-order valence-corrected chi connectivity index (χ0v) is 15.8. The van der Waals surface area contributed by atoms with Crippen LogP contribution in [0.15, 0.2) is 36.5 Å². The number of nitrogens with one attached hydrogen (secondary N) is 2. The second-order valence-corrected chi connectivity index (χ2v) is 8.01. The number of aromatic nitrogens is 1. The maximum absolute atomic E-state index is 13.0. The molecular formula is C22H24N4O2. The summed E-state index contributed by atoms with van der Waals surface area (Å²) in [5.41, 5.74) is 3.74. The van der Waals surface area contributed by atoms with E-state index in [1.54, 1.807) is 17.2 Å². The molecule has 6 nitrogen and oxygen atoms in total. The first-order valence-electron chi connectivity index (χ1n) is 10.1. The maximum Gasteiger partial charge on any atom is 0.253 e. The van der Waals surface area contributed by atoms with Crippen molar-refractivity contribution in [2.45, 2.75) is 38.1 Å². The lowest BCUT2D eigenvalue weighted by Crippen LogP contribution is -2.41. The van der Waals surface area contributed by atoms with E-state index in [9.17, 15) is 9.59 Å². The highest BCUT2D eigenvalue weighted by Gasteiger charge is 2.32. The number of hydrogen-bond donors (Lipinski definition) is 2. The molecule has 2 heterocycles. The Bertz CT molecular complexity index is 938. The Labute approximate surface area is 164 Å². The van der Waals surface area contributed by atoms with Gasteiger partial charge in [-0.25, -0.2) is 4.98 Å². The molecule has 1 unspecified atom stereocenters. The predicted octanol–water partition coefficient (Wildman–Crippen LogP) is 3.06. The molecule has 2 aliphatic carbocycles. The standard InChI is InChI=1S/C22H24N4O2/c27-20-12-24-21-19(26(20)13-14-8-9-14)10-16(11-23-21)22(28)25-18-7-3-5-15-4-1-2-6-17(15)18/h1-2,4,6,10-11,14,18H,3,5,7-9,12-13H2,(H,23,24)(H,25,28). The molecule has 3 aliphatic rings. The van der Waals surface area contributed by atoms with E-state index >= 15 is 0 Å². The number of amides is 2. The highest BCUT2D eigenvalue weighted by Crippen LogP contribution is 2.35. The normalized spacial score (nSPS) is 20.8. The minimum absolute atomic E-state index is 0.0239. The molecule has 2 N–H and O–H groups in total.